The van der Waals surface area contributed by atoms with Gasteiger partial charge in [0.05, 0.1) is 12.3 Å². The first kappa shape index (κ1) is 23.0. The van der Waals surface area contributed by atoms with Crippen LogP contribution in [0.3, 0.4) is 0 Å². The molecule has 0 atom stereocenters. The van der Waals surface area contributed by atoms with Gasteiger partial charge in [-0.15, -0.1) is 0 Å². The van der Waals surface area contributed by atoms with E-state index in [9.17, 15) is 0 Å². The molecule has 0 fully saturated rings. The van der Waals surface area contributed by atoms with Crippen molar-refractivity contribution in [1.82, 2.24) is 5.43 Å². The molecule has 0 radical (unpaired) electrons. The largest absolute Gasteiger partial charge is 0.258 e. The van der Waals surface area contributed by atoms with Crippen LogP contribution in [0, 0.1) is 0 Å². The van der Waals surface area contributed by atoms with Crippen LogP contribution in [0.4, 0.5) is 5.69 Å². The summed E-state index contributed by atoms with van der Waals surface area (Å²) < 4.78 is 0. The highest BCUT2D eigenvalue weighted by Crippen LogP contribution is 2.14. The summed E-state index contributed by atoms with van der Waals surface area (Å²) in [6, 6.07) is 10.3. The van der Waals surface area contributed by atoms with E-state index in [0.29, 0.717) is 0 Å². The minimum atomic E-state index is 0.781. The molecule has 150 valence electrons. The van der Waals surface area contributed by atoms with Crippen LogP contribution in [0.15, 0.2) is 30.3 Å². The van der Waals surface area contributed by atoms with Crippen LogP contribution in [-0.4, -0.2) is 13.2 Å². The van der Waals surface area contributed by atoms with Crippen LogP contribution < -0.4 is 10.6 Å². The van der Waals surface area contributed by atoms with Crippen LogP contribution in [0.1, 0.15) is 97.3 Å². The molecule has 0 heterocycles. The van der Waals surface area contributed by atoms with Crippen LogP contribution in [0.5, 0.6) is 0 Å². The second-order valence-corrected chi connectivity index (χ2v) is 7.26. The number of nitrogens with one attached hydrogen (secondary N) is 1. The minimum absolute atomic E-state index is 0.781. The third-order valence-corrected chi connectivity index (χ3v) is 4.71. The first-order chi connectivity index (χ1) is 12.9. The third-order valence-electron chi connectivity index (χ3n) is 4.71. The van der Waals surface area contributed by atoms with E-state index in [4.69, 9.17) is 4.84 Å². The topological polar surface area (TPSA) is 24.5 Å². The number of unbranched alkanes of at least 4 members (excludes halogenated alkanes) is 11. The van der Waals surface area contributed by atoms with Crippen molar-refractivity contribution in [3.63, 3.8) is 0 Å². The Bertz CT molecular complexity index is 396. The van der Waals surface area contributed by atoms with Gasteiger partial charge in [-0.2, -0.15) is 5.17 Å². The predicted octanol–water partition coefficient (Wildman–Crippen LogP) is 7.04. The summed E-state index contributed by atoms with van der Waals surface area (Å²) in [6.07, 6.45) is 17.5. The molecule has 1 N–H and O–H groups in total. The summed E-state index contributed by atoms with van der Waals surface area (Å²) in [4.78, 5) is 5.94. The van der Waals surface area contributed by atoms with Gasteiger partial charge in [-0.05, 0) is 25.0 Å². The Hall–Kier alpha value is -1.06. The monoisotopic (exact) mass is 362 g/mol. The van der Waals surface area contributed by atoms with Crippen LogP contribution in [-0.2, 0) is 4.84 Å². The third kappa shape index (κ3) is 12.3. The van der Waals surface area contributed by atoms with Crippen molar-refractivity contribution in [3.05, 3.63) is 30.3 Å². The molecule has 0 aromatic heterocycles. The molecule has 0 bridgehead atoms. The molecule has 0 aliphatic heterocycles. The smallest absolute Gasteiger partial charge is 0.0822 e. The number of nitrogens with zero attached hydrogens (tertiary/aromatic N) is 1. The lowest BCUT2D eigenvalue weighted by Crippen LogP contribution is -2.38. The standard InChI is InChI=1S/C23H42N2O/c1-3-5-6-7-8-9-10-11-12-13-14-18-22-26-25(24-21-4-2)23-19-16-15-17-20-23/h15-17,19-20,24H,3-14,18,21-22H2,1-2H3. The summed E-state index contributed by atoms with van der Waals surface area (Å²) in [6.45, 7) is 6.16. The van der Waals surface area contributed by atoms with Crippen LogP contribution in [0.2, 0.25) is 0 Å². The number of rotatable bonds is 18. The molecule has 0 amide bonds. The van der Waals surface area contributed by atoms with Gasteiger partial charge in [0.2, 0.25) is 0 Å². The predicted molar refractivity (Wildman–Crippen MR) is 114 cm³/mol. The zero-order valence-corrected chi connectivity index (χ0v) is 17.3. The Morgan fingerprint density at radius 3 is 1.77 bits per heavy atom. The fourth-order valence-corrected chi connectivity index (χ4v) is 3.09. The molecule has 0 saturated heterocycles. The van der Waals surface area contributed by atoms with E-state index >= 15 is 0 Å². The molecule has 1 rings (SSSR count). The maximum absolute atomic E-state index is 5.94. The minimum Gasteiger partial charge on any atom is -0.258 e. The summed E-state index contributed by atoms with van der Waals surface area (Å²) in [5.74, 6) is 0. The molecule has 0 spiro atoms. The molecular formula is C23H42N2O. The Kier molecular flexibility index (Phi) is 15.3. The van der Waals surface area contributed by atoms with E-state index in [1.165, 1.54) is 70.6 Å². The number of hydrogen-bond acceptors (Lipinski definition) is 3. The molecular weight excluding hydrogens is 320 g/mol. The average Bonchev–Trinajstić information content (AvgIpc) is 2.68. The summed E-state index contributed by atoms with van der Waals surface area (Å²) >= 11 is 0. The number of benzene rings is 1. The Labute approximate surface area is 162 Å². The summed E-state index contributed by atoms with van der Waals surface area (Å²) in [5, 5.41) is 1.84. The fourth-order valence-electron chi connectivity index (χ4n) is 3.09. The molecule has 0 unspecified atom stereocenters. The van der Waals surface area contributed by atoms with Gasteiger partial charge in [-0.25, -0.2) is 5.43 Å². The normalized spacial score (nSPS) is 11.0. The van der Waals surface area contributed by atoms with Gasteiger partial charge in [0, 0.05) is 6.54 Å². The van der Waals surface area contributed by atoms with Crippen molar-refractivity contribution >= 4 is 5.69 Å². The zero-order chi connectivity index (χ0) is 18.7. The molecule has 3 nitrogen and oxygen atoms in total. The van der Waals surface area contributed by atoms with E-state index in [1.54, 1.807) is 0 Å². The lowest BCUT2D eigenvalue weighted by molar-refractivity contribution is 0.0790. The molecule has 1 aromatic rings. The fraction of sp³-hybridized carbons (Fsp3) is 0.739. The van der Waals surface area contributed by atoms with E-state index in [0.717, 1.165) is 31.7 Å². The van der Waals surface area contributed by atoms with E-state index in [-0.39, 0.29) is 0 Å². The molecule has 26 heavy (non-hydrogen) atoms. The molecule has 3 heteroatoms. The van der Waals surface area contributed by atoms with Gasteiger partial charge < -0.3 is 0 Å². The highest BCUT2D eigenvalue weighted by molar-refractivity contribution is 5.42. The van der Waals surface area contributed by atoms with Gasteiger partial charge in [0.1, 0.15) is 0 Å². The second kappa shape index (κ2) is 17.4. The SMILES string of the molecule is CCCCCCCCCCCCCCON(NCCC)c1ccccc1. The molecule has 1 aromatic carbocycles. The highest BCUT2D eigenvalue weighted by atomic mass is 16.7. The zero-order valence-electron chi connectivity index (χ0n) is 17.3. The van der Waals surface area contributed by atoms with E-state index in [1.807, 2.05) is 23.4 Å². The van der Waals surface area contributed by atoms with Gasteiger partial charge in [-0.1, -0.05) is 103 Å². The van der Waals surface area contributed by atoms with Gasteiger partial charge >= 0.3 is 0 Å². The van der Waals surface area contributed by atoms with E-state index in [2.05, 4.69) is 31.4 Å². The van der Waals surface area contributed by atoms with Gasteiger partial charge in [0.15, 0.2) is 0 Å². The van der Waals surface area contributed by atoms with Crippen molar-refractivity contribution in [1.29, 1.82) is 0 Å². The number of para-hydroxylation sites is 1. The lowest BCUT2D eigenvalue weighted by Gasteiger charge is -2.24. The quantitative estimate of drug-likeness (QED) is 0.224. The number of hydrogen-bond donors (Lipinski definition) is 1. The molecule has 0 aliphatic rings. The Morgan fingerprint density at radius 1 is 0.692 bits per heavy atom. The van der Waals surface area contributed by atoms with Crippen molar-refractivity contribution in [3.8, 4) is 0 Å². The van der Waals surface area contributed by atoms with Crippen LogP contribution in [0.25, 0.3) is 0 Å². The molecule has 0 saturated carbocycles. The number of hydrazine groups is 1. The Morgan fingerprint density at radius 2 is 1.23 bits per heavy atom. The van der Waals surface area contributed by atoms with Gasteiger partial charge in [0.25, 0.3) is 0 Å². The van der Waals surface area contributed by atoms with Crippen LogP contribution >= 0.6 is 0 Å². The molecule has 0 aliphatic carbocycles. The summed E-state index contributed by atoms with van der Waals surface area (Å²) in [7, 11) is 0. The maximum Gasteiger partial charge on any atom is 0.0822 e. The van der Waals surface area contributed by atoms with Crippen molar-refractivity contribution in [2.75, 3.05) is 18.3 Å². The first-order valence-corrected chi connectivity index (χ1v) is 11.1. The van der Waals surface area contributed by atoms with Crippen molar-refractivity contribution in [2.45, 2.75) is 97.3 Å². The van der Waals surface area contributed by atoms with Crippen molar-refractivity contribution in [2.24, 2.45) is 0 Å². The second-order valence-electron chi connectivity index (χ2n) is 7.26. The average molecular weight is 363 g/mol. The lowest BCUT2D eigenvalue weighted by atomic mass is 10.1. The van der Waals surface area contributed by atoms with Crippen molar-refractivity contribution < 1.29 is 4.84 Å². The Balaban J connectivity index is 1.97. The summed E-state index contributed by atoms with van der Waals surface area (Å²) in [5.41, 5.74) is 4.41. The highest BCUT2D eigenvalue weighted by Gasteiger charge is 2.05. The maximum atomic E-state index is 5.94. The number of anilines is 1. The first-order valence-electron chi connectivity index (χ1n) is 11.1. The van der Waals surface area contributed by atoms with Gasteiger partial charge in [-0.3, -0.25) is 4.84 Å². The van der Waals surface area contributed by atoms with E-state index < -0.39 is 0 Å².